The Kier molecular flexibility index (Phi) is 6.85. The maximum Gasteiger partial charge on any atom is 0.335 e. The average molecular weight is 446 g/mol. The van der Waals surface area contributed by atoms with E-state index in [1.54, 1.807) is 12.1 Å². The predicted octanol–water partition coefficient (Wildman–Crippen LogP) is 5.29. The average Bonchev–Trinajstić information content (AvgIpc) is 2.68. The molecular formula is C23H21Cl2NO4. The van der Waals surface area contributed by atoms with E-state index in [9.17, 15) is 9.59 Å². The second-order valence-electron chi connectivity index (χ2n) is 7.11. The Morgan fingerprint density at radius 3 is 2.23 bits per heavy atom. The highest BCUT2D eigenvalue weighted by Crippen LogP contribution is 2.22. The summed E-state index contributed by atoms with van der Waals surface area (Å²) < 4.78 is 7.42. The van der Waals surface area contributed by atoms with Crippen molar-refractivity contribution in [1.29, 1.82) is 0 Å². The van der Waals surface area contributed by atoms with Gasteiger partial charge in [0.25, 0.3) is 5.56 Å². The molecule has 5 nitrogen and oxygen atoms in total. The summed E-state index contributed by atoms with van der Waals surface area (Å²) in [6.45, 7) is 4.42. The largest absolute Gasteiger partial charge is 0.487 e. The number of carbonyl (C=O) groups is 1. The monoisotopic (exact) mass is 445 g/mol. The van der Waals surface area contributed by atoms with Crippen LogP contribution in [0.25, 0.3) is 0 Å². The summed E-state index contributed by atoms with van der Waals surface area (Å²) in [4.78, 5) is 23.7. The van der Waals surface area contributed by atoms with Crippen LogP contribution in [0.4, 0.5) is 0 Å². The van der Waals surface area contributed by atoms with Crippen LogP contribution in [-0.4, -0.2) is 15.6 Å². The first-order chi connectivity index (χ1) is 14.2. The molecule has 1 N–H and O–H groups in total. The van der Waals surface area contributed by atoms with Crippen molar-refractivity contribution in [1.82, 2.24) is 4.57 Å². The van der Waals surface area contributed by atoms with Crippen molar-refractivity contribution in [2.45, 2.75) is 33.4 Å². The fourth-order valence-corrected chi connectivity index (χ4v) is 3.78. The summed E-state index contributed by atoms with van der Waals surface area (Å²) in [6, 6.07) is 13.9. The Morgan fingerprint density at radius 1 is 1.00 bits per heavy atom. The van der Waals surface area contributed by atoms with Crippen LogP contribution in [0.5, 0.6) is 5.75 Å². The molecule has 0 aliphatic carbocycles. The molecule has 1 heterocycles. The Balaban J connectivity index is 1.84. The second-order valence-corrected chi connectivity index (χ2v) is 7.92. The molecule has 3 rings (SSSR count). The summed E-state index contributed by atoms with van der Waals surface area (Å²) in [5.41, 5.74) is 3.45. The van der Waals surface area contributed by atoms with E-state index >= 15 is 0 Å². The van der Waals surface area contributed by atoms with Crippen molar-refractivity contribution in [3.8, 4) is 5.75 Å². The first-order valence-electron chi connectivity index (χ1n) is 9.35. The molecule has 0 radical (unpaired) electrons. The minimum Gasteiger partial charge on any atom is -0.487 e. The van der Waals surface area contributed by atoms with Crippen molar-refractivity contribution in [2.24, 2.45) is 0 Å². The van der Waals surface area contributed by atoms with Crippen molar-refractivity contribution < 1.29 is 14.6 Å². The number of ether oxygens (including phenoxy) is 1. The molecule has 0 spiro atoms. The summed E-state index contributed by atoms with van der Waals surface area (Å²) in [6.07, 6.45) is 0.507. The SMILES string of the molecule is Cc1cc(C)cc(OCc2c(Cl)cc(Cl)c(=O)n2CCc2ccc(C(=O)O)cc2)c1. The maximum absolute atomic E-state index is 12.7. The van der Waals surface area contributed by atoms with E-state index < -0.39 is 5.97 Å². The molecule has 0 saturated carbocycles. The number of benzene rings is 2. The maximum atomic E-state index is 12.7. The first kappa shape index (κ1) is 21.9. The number of halogens is 2. The van der Waals surface area contributed by atoms with Crippen LogP contribution in [0.3, 0.4) is 0 Å². The Labute approximate surface area is 184 Å². The molecule has 0 fully saturated rings. The quantitative estimate of drug-likeness (QED) is 0.536. The number of carboxylic acids is 1. The lowest BCUT2D eigenvalue weighted by atomic mass is 10.1. The van der Waals surface area contributed by atoms with Crippen LogP contribution in [0.2, 0.25) is 10.0 Å². The van der Waals surface area contributed by atoms with Crippen LogP contribution < -0.4 is 10.3 Å². The zero-order valence-electron chi connectivity index (χ0n) is 16.6. The zero-order valence-corrected chi connectivity index (χ0v) is 18.1. The fraction of sp³-hybridized carbons (Fsp3) is 0.217. The van der Waals surface area contributed by atoms with Gasteiger partial charge in [0, 0.05) is 6.54 Å². The smallest absolute Gasteiger partial charge is 0.335 e. The number of hydrogen-bond acceptors (Lipinski definition) is 3. The lowest BCUT2D eigenvalue weighted by molar-refractivity contribution is 0.0697. The van der Waals surface area contributed by atoms with Gasteiger partial charge in [-0.2, -0.15) is 0 Å². The van der Waals surface area contributed by atoms with Crippen LogP contribution in [0.15, 0.2) is 53.3 Å². The summed E-state index contributed by atoms with van der Waals surface area (Å²) in [5, 5.41) is 9.41. The molecule has 2 aromatic carbocycles. The van der Waals surface area contributed by atoms with Gasteiger partial charge in [-0.1, -0.05) is 41.4 Å². The van der Waals surface area contributed by atoms with Gasteiger partial charge in [0.15, 0.2) is 0 Å². The highest BCUT2D eigenvalue weighted by atomic mass is 35.5. The fourth-order valence-electron chi connectivity index (χ4n) is 3.24. The second kappa shape index (κ2) is 9.37. The van der Waals surface area contributed by atoms with Crippen molar-refractivity contribution >= 4 is 29.2 Å². The number of carboxylic acid groups (broad SMARTS) is 1. The third-order valence-electron chi connectivity index (χ3n) is 4.70. The molecule has 0 amide bonds. The van der Waals surface area contributed by atoms with E-state index in [0.717, 1.165) is 16.7 Å². The first-order valence-corrected chi connectivity index (χ1v) is 10.1. The van der Waals surface area contributed by atoms with E-state index in [0.29, 0.717) is 29.4 Å². The summed E-state index contributed by atoms with van der Waals surface area (Å²) in [5.74, 6) is -0.285. The lowest BCUT2D eigenvalue weighted by Crippen LogP contribution is -2.26. The van der Waals surface area contributed by atoms with E-state index in [4.69, 9.17) is 33.0 Å². The van der Waals surface area contributed by atoms with Gasteiger partial charge in [-0.3, -0.25) is 4.79 Å². The van der Waals surface area contributed by atoms with Gasteiger partial charge in [0.1, 0.15) is 17.4 Å². The highest BCUT2D eigenvalue weighted by Gasteiger charge is 2.14. The number of rotatable bonds is 7. The minimum absolute atomic E-state index is 0.0383. The highest BCUT2D eigenvalue weighted by molar-refractivity contribution is 6.34. The van der Waals surface area contributed by atoms with Crippen LogP contribution in [-0.2, 0) is 19.6 Å². The van der Waals surface area contributed by atoms with E-state index in [1.807, 2.05) is 32.0 Å². The van der Waals surface area contributed by atoms with Gasteiger partial charge in [-0.25, -0.2) is 4.79 Å². The molecule has 0 unspecified atom stereocenters. The molecule has 7 heteroatoms. The molecule has 156 valence electrons. The Bertz CT molecular complexity index is 1120. The predicted molar refractivity (Wildman–Crippen MR) is 118 cm³/mol. The number of aromatic carboxylic acids is 1. The number of nitrogens with zero attached hydrogens (tertiary/aromatic N) is 1. The number of aromatic nitrogens is 1. The van der Waals surface area contributed by atoms with Gasteiger partial charge in [-0.15, -0.1) is 0 Å². The third kappa shape index (κ3) is 5.23. The van der Waals surface area contributed by atoms with Crippen LogP contribution in [0.1, 0.15) is 32.7 Å². The topological polar surface area (TPSA) is 68.5 Å². The molecule has 3 aromatic rings. The molecule has 30 heavy (non-hydrogen) atoms. The van der Waals surface area contributed by atoms with Gasteiger partial charge < -0.3 is 14.4 Å². The number of pyridine rings is 1. The number of aryl methyl sites for hydroxylation is 3. The molecule has 0 atom stereocenters. The lowest BCUT2D eigenvalue weighted by Gasteiger charge is -2.16. The van der Waals surface area contributed by atoms with Crippen LogP contribution >= 0.6 is 23.2 Å². The molecule has 1 aromatic heterocycles. The standard InChI is InChI=1S/C23H21Cl2NO4/c1-14-9-15(2)11-18(10-14)30-13-21-19(24)12-20(25)22(27)26(21)8-7-16-3-5-17(6-4-16)23(28)29/h3-6,9-12H,7-8,13H2,1-2H3,(H,28,29). The number of hydrogen-bond donors (Lipinski definition) is 1. The van der Waals surface area contributed by atoms with Crippen LogP contribution in [0, 0.1) is 13.8 Å². The van der Waals surface area contributed by atoms with Gasteiger partial charge in [0.2, 0.25) is 0 Å². The minimum atomic E-state index is -0.981. The molecule has 0 aliphatic heterocycles. The Hall–Kier alpha value is -2.76. The van der Waals surface area contributed by atoms with Crippen molar-refractivity contribution in [2.75, 3.05) is 0 Å². The van der Waals surface area contributed by atoms with Crippen molar-refractivity contribution in [3.05, 3.63) is 96.9 Å². The van der Waals surface area contributed by atoms with Gasteiger partial charge >= 0.3 is 5.97 Å². The molecule has 0 bridgehead atoms. The summed E-state index contributed by atoms with van der Waals surface area (Å²) >= 11 is 12.4. The molecule has 0 saturated heterocycles. The van der Waals surface area contributed by atoms with E-state index in [-0.39, 0.29) is 22.8 Å². The molecular weight excluding hydrogens is 425 g/mol. The summed E-state index contributed by atoms with van der Waals surface area (Å²) in [7, 11) is 0. The van der Waals surface area contributed by atoms with E-state index in [1.165, 1.54) is 22.8 Å². The van der Waals surface area contributed by atoms with Crippen molar-refractivity contribution in [3.63, 3.8) is 0 Å². The van der Waals surface area contributed by atoms with Gasteiger partial charge in [0.05, 0.1) is 16.3 Å². The molecule has 0 aliphatic rings. The van der Waals surface area contributed by atoms with Gasteiger partial charge in [-0.05, 0) is 67.3 Å². The zero-order chi connectivity index (χ0) is 21.8. The normalized spacial score (nSPS) is 10.8. The Morgan fingerprint density at radius 2 is 1.63 bits per heavy atom. The van der Waals surface area contributed by atoms with E-state index in [2.05, 4.69) is 0 Å². The third-order valence-corrected chi connectivity index (χ3v) is 5.30.